The van der Waals surface area contributed by atoms with Crippen LogP contribution < -0.4 is 5.73 Å². The van der Waals surface area contributed by atoms with Crippen LogP contribution in [0.5, 0.6) is 0 Å². The highest BCUT2D eigenvalue weighted by Crippen LogP contribution is 2.34. The Balaban J connectivity index is 1.59. The van der Waals surface area contributed by atoms with E-state index >= 15 is 0 Å². The van der Waals surface area contributed by atoms with E-state index in [0.717, 1.165) is 36.9 Å². The lowest BCUT2D eigenvalue weighted by atomic mass is 9.95. The van der Waals surface area contributed by atoms with Crippen LogP contribution in [0, 0.1) is 5.92 Å². The van der Waals surface area contributed by atoms with Crippen molar-refractivity contribution in [3.63, 3.8) is 0 Å². The van der Waals surface area contributed by atoms with Gasteiger partial charge >= 0.3 is 0 Å². The van der Waals surface area contributed by atoms with E-state index in [0.29, 0.717) is 12.2 Å². The summed E-state index contributed by atoms with van der Waals surface area (Å²) in [6.07, 6.45) is 3.98. The molecule has 3 N–H and O–H groups in total. The van der Waals surface area contributed by atoms with Crippen molar-refractivity contribution in [3.05, 3.63) is 17.0 Å². The molecule has 2 aliphatic heterocycles. The third kappa shape index (κ3) is 2.00. The summed E-state index contributed by atoms with van der Waals surface area (Å²) >= 11 is 0. The number of carbonyl (C=O) groups is 1. The highest BCUT2D eigenvalue weighted by Gasteiger charge is 2.52. The lowest BCUT2D eigenvalue weighted by Gasteiger charge is -2.19. The van der Waals surface area contributed by atoms with Gasteiger partial charge in [0.2, 0.25) is 0 Å². The van der Waals surface area contributed by atoms with Gasteiger partial charge in [-0.3, -0.25) is 9.89 Å². The lowest BCUT2D eigenvalue weighted by molar-refractivity contribution is 0.0778. The standard InChI is InChI=1S/C14H20N4O3S/c15-10-7-22(20,21)12-6-18(5-9(10)12)14(19)13-8-3-1-2-4-11(8)16-17-13/h9-10,12H,1-7,15H2,(H,16,17)/t9-,10+,12-/m0/s1. The molecule has 120 valence electrons. The number of aromatic nitrogens is 2. The first-order valence-corrected chi connectivity index (χ1v) is 9.51. The zero-order chi connectivity index (χ0) is 15.5. The first-order valence-electron chi connectivity index (χ1n) is 7.80. The van der Waals surface area contributed by atoms with E-state index in [2.05, 4.69) is 10.2 Å². The van der Waals surface area contributed by atoms with Crippen molar-refractivity contribution in [2.45, 2.75) is 37.0 Å². The molecule has 0 spiro atoms. The fourth-order valence-electron chi connectivity index (χ4n) is 4.08. The quantitative estimate of drug-likeness (QED) is 0.723. The maximum Gasteiger partial charge on any atom is 0.274 e. The number of hydrogen-bond acceptors (Lipinski definition) is 5. The van der Waals surface area contributed by atoms with Crippen molar-refractivity contribution < 1.29 is 13.2 Å². The molecule has 2 fully saturated rings. The van der Waals surface area contributed by atoms with Crippen LogP contribution >= 0.6 is 0 Å². The fourth-order valence-corrected chi connectivity index (χ4v) is 6.34. The second-order valence-electron chi connectivity index (χ2n) is 6.64. The maximum absolute atomic E-state index is 12.7. The smallest absolute Gasteiger partial charge is 0.274 e. The van der Waals surface area contributed by atoms with E-state index in [1.807, 2.05) is 0 Å². The SMILES string of the molecule is N[C@@H]1CS(=O)(=O)[C@H]2CN(C(=O)c3n[nH]c4c3CCCC4)C[C@@H]12. The molecule has 0 unspecified atom stereocenters. The number of fused-ring (bicyclic) bond motifs is 2. The van der Waals surface area contributed by atoms with E-state index in [4.69, 9.17) is 5.73 Å². The van der Waals surface area contributed by atoms with Crippen LogP contribution in [0.1, 0.15) is 34.6 Å². The van der Waals surface area contributed by atoms with Crippen LogP contribution in [-0.4, -0.2) is 59.6 Å². The number of amides is 1. The highest BCUT2D eigenvalue weighted by atomic mass is 32.2. The number of H-pyrrole nitrogens is 1. The Bertz CT molecular complexity index is 726. The molecule has 4 rings (SSSR count). The second-order valence-corrected chi connectivity index (χ2v) is 8.91. The molecule has 1 aromatic heterocycles. The summed E-state index contributed by atoms with van der Waals surface area (Å²) in [6, 6.07) is -0.360. The zero-order valence-corrected chi connectivity index (χ0v) is 13.1. The summed E-state index contributed by atoms with van der Waals surface area (Å²) in [5, 5.41) is 6.66. The van der Waals surface area contributed by atoms with E-state index in [1.165, 1.54) is 0 Å². The maximum atomic E-state index is 12.7. The molecule has 1 aliphatic carbocycles. The van der Waals surface area contributed by atoms with Gasteiger partial charge in [-0.1, -0.05) is 0 Å². The van der Waals surface area contributed by atoms with Crippen molar-refractivity contribution in [1.29, 1.82) is 0 Å². The number of aryl methyl sites for hydroxylation is 1. The largest absolute Gasteiger partial charge is 0.336 e. The number of nitrogens with one attached hydrogen (secondary N) is 1. The average molecular weight is 324 g/mol. The Morgan fingerprint density at radius 2 is 2.05 bits per heavy atom. The minimum atomic E-state index is -3.17. The van der Waals surface area contributed by atoms with Crippen LogP contribution in [0.2, 0.25) is 0 Å². The minimum Gasteiger partial charge on any atom is -0.336 e. The van der Waals surface area contributed by atoms with Crippen molar-refractivity contribution >= 4 is 15.7 Å². The van der Waals surface area contributed by atoms with Gasteiger partial charge in [0.25, 0.3) is 5.91 Å². The Morgan fingerprint density at radius 1 is 1.27 bits per heavy atom. The van der Waals surface area contributed by atoms with Gasteiger partial charge in [-0.15, -0.1) is 0 Å². The van der Waals surface area contributed by atoms with Crippen molar-refractivity contribution in [1.82, 2.24) is 15.1 Å². The molecule has 0 saturated carbocycles. The summed E-state index contributed by atoms with van der Waals surface area (Å²) < 4.78 is 24.2. The molecule has 7 nitrogen and oxygen atoms in total. The Kier molecular flexibility index (Phi) is 3.09. The van der Waals surface area contributed by atoms with Crippen LogP contribution in [0.15, 0.2) is 0 Å². The minimum absolute atomic E-state index is 0.0438. The van der Waals surface area contributed by atoms with E-state index in [1.54, 1.807) is 4.90 Å². The first kappa shape index (κ1) is 14.2. The molecule has 8 heteroatoms. The third-order valence-corrected chi connectivity index (χ3v) is 7.56. The van der Waals surface area contributed by atoms with Gasteiger partial charge in [0, 0.05) is 36.3 Å². The molecule has 0 radical (unpaired) electrons. The number of hydrogen-bond donors (Lipinski definition) is 2. The molecular weight excluding hydrogens is 304 g/mol. The molecule has 0 bridgehead atoms. The van der Waals surface area contributed by atoms with Gasteiger partial charge in [-0.2, -0.15) is 5.10 Å². The number of aromatic amines is 1. The molecule has 3 heterocycles. The number of sulfone groups is 1. The van der Waals surface area contributed by atoms with E-state index in [-0.39, 0.29) is 30.2 Å². The molecule has 3 atom stereocenters. The number of likely N-dealkylation sites (tertiary alicyclic amines) is 1. The normalized spacial score (nSPS) is 32.8. The Labute approximate surface area is 129 Å². The van der Waals surface area contributed by atoms with Crippen molar-refractivity contribution in [3.8, 4) is 0 Å². The number of nitrogens with zero attached hydrogens (tertiary/aromatic N) is 2. The van der Waals surface area contributed by atoms with Crippen LogP contribution in [0.3, 0.4) is 0 Å². The Morgan fingerprint density at radius 3 is 2.82 bits per heavy atom. The third-order valence-electron chi connectivity index (χ3n) is 5.29. The predicted octanol–water partition coefficient (Wildman–Crippen LogP) is -0.515. The van der Waals surface area contributed by atoms with Gasteiger partial charge in [0.05, 0.1) is 11.0 Å². The summed E-state index contributed by atoms with van der Waals surface area (Å²) in [7, 11) is -3.17. The van der Waals surface area contributed by atoms with E-state index < -0.39 is 15.1 Å². The summed E-state index contributed by atoms with van der Waals surface area (Å²) in [5.74, 6) is -0.248. The summed E-state index contributed by atoms with van der Waals surface area (Å²) in [6.45, 7) is 0.673. The monoisotopic (exact) mass is 324 g/mol. The molecule has 0 aromatic carbocycles. The molecule has 3 aliphatic rings. The number of carbonyl (C=O) groups excluding carboxylic acids is 1. The fraction of sp³-hybridized carbons (Fsp3) is 0.714. The van der Waals surface area contributed by atoms with Crippen LogP contribution in [-0.2, 0) is 22.7 Å². The van der Waals surface area contributed by atoms with Gasteiger partial charge in [0.1, 0.15) is 0 Å². The first-order chi connectivity index (χ1) is 10.5. The molecule has 1 amide bonds. The number of rotatable bonds is 1. The van der Waals surface area contributed by atoms with Gasteiger partial charge < -0.3 is 10.6 Å². The molecule has 1 aromatic rings. The van der Waals surface area contributed by atoms with Gasteiger partial charge in [-0.05, 0) is 25.7 Å². The van der Waals surface area contributed by atoms with Crippen LogP contribution in [0.25, 0.3) is 0 Å². The van der Waals surface area contributed by atoms with E-state index in [9.17, 15) is 13.2 Å². The zero-order valence-electron chi connectivity index (χ0n) is 12.3. The topological polar surface area (TPSA) is 109 Å². The number of nitrogens with two attached hydrogens (primary N) is 1. The molecule has 22 heavy (non-hydrogen) atoms. The second kappa shape index (κ2) is 4.79. The van der Waals surface area contributed by atoms with Crippen molar-refractivity contribution in [2.75, 3.05) is 18.8 Å². The van der Waals surface area contributed by atoms with Gasteiger partial charge in [-0.25, -0.2) is 8.42 Å². The Hall–Kier alpha value is -1.41. The highest BCUT2D eigenvalue weighted by molar-refractivity contribution is 7.92. The molecule has 2 saturated heterocycles. The van der Waals surface area contributed by atoms with Crippen LogP contribution in [0.4, 0.5) is 0 Å². The predicted molar refractivity (Wildman–Crippen MR) is 80.2 cm³/mol. The summed E-state index contributed by atoms with van der Waals surface area (Å²) in [5.41, 5.74) is 8.49. The van der Waals surface area contributed by atoms with Gasteiger partial charge in [0.15, 0.2) is 15.5 Å². The van der Waals surface area contributed by atoms with Crippen molar-refractivity contribution in [2.24, 2.45) is 11.7 Å². The molecular formula is C14H20N4O3S. The summed E-state index contributed by atoms with van der Waals surface area (Å²) in [4.78, 5) is 14.4. The average Bonchev–Trinajstić information content (AvgIpc) is 3.15. The lowest BCUT2D eigenvalue weighted by Crippen LogP contribution is -2.36.